The van der Waals surface area contributed by atoms with Gasteiger partial charge in [0.1, 0.15) is 5.40 Å². The van der Waals surface area contributed by atoms with E-state index in [4.69, 9.17) is 5.26 Å². The van der Waals surface area contributed by atoms with Crippen LogP contribution in [0.4, 0.5) is 5.69 Å². The number of anilines is 1. The second-order valence-corrected chi connectivity index (χ2v) is 7.75. The molecule has 2 rings (SSSR count). The van der Waals surface area contributed by atoms with Gasteiger partial charge in [-0.3, -0.25) is 4.72 Å². The first-order valence-electron chi connectivity index (χ1n) is 7.16. The summed E-state index contributed by atoms with van der Waals surface area (Å²) in [5.41, 5.74) is 3.15. The molecule has 0 aliphatic heterocycles. The number of benzene rings is 2. The summed E-state index contributed by atoms with van der Waals surface area (Å²) in [6.07, 6.45) is 0.671. The van der Waals surface area contributed by atoms with Crippen molar-refractivity contribution >= 4 is 27.5 Å². The van der Waals surface area contributed by atoms with E-state index >= 15 is 0 Å². The van der Waals surface area contributed by atoms with Crippen LogP contribution in [0.1, 0.15) is 23.6 Å². The van der Waals surface area contributed by atoms with E-state index in [0.29, 0.717) is 17.7 Å². The molecule has 0 aromatic heterocycles. The van der Waals surface area contributed by atoms with Crippen molar-refractivity contribution in [3.8, 4) is 5.40 Å². The minimum atomic E-state index is -3.64. The quantitative estimate of drug-likeness (QED) is 0.649. The molecule has 0 unspecified atom stereocenters. The van der Waals surface area contributed by atoms with Crippen LogP contribution in [0.15, 0.2) is 46.2 Å². The van der Waals surface area contributed by atoms with Crippen LogP contribution >= 0.6 is 11.8 Å². The lowest BCUT2D eigenvalue weighted by Crippen LogP contribution is -2.15. The topological polar surface area (TPSA) is 70.0 Å². The van der Waals surface area contributed by atoms with Crippen LogP contribution < -0.4 is 4.72 Å². The van der Waals surface area contributed by atoms with Gasteiger partial charge >= 0.3 is 0 Å². The molecular weight excluding hydrogens is 328 g/mol. The number of nitrogens with zero attached hydrogens (tertiary/aromatic N) is 1. The Morgan fingerprint density at radius 1 is 1.17 bits per heavy atom. The van der Waals surface area contributed by atoms with Crippen LogP contribution in [0.25, 0.3) is 0 Å². The average molecular weight is 346 g/mol. The lowest BCUT2D eigenvalue weighted by molar-refractivity contribution is 0.600. The number of sulfonamides is 1. The van der Waals surface area contributed by atoms with Crippen molar-refractivity contribution in [2.24, 2.45) is 0 Å². The summed E-state index contributed by atoms with van der Waals surface area (Å²) < 4.78 is 28.0. The minimum absolute atomic E-state index is 0.278. The molecule has 0 saturated carbocycles. The highest BCUT2D eigenvalue weighted by Gasteiger charge is 2.18. The Labute approximate surface area is 141 Å². The van der Waals surface area contributed by atoms with Gasteiger partial charge in [0.05, 0.1) is 10.6 Å². The van der Waals surface area contributed by atoms with E-state index in [1.165, 1.54) is 0 Å². The molecule has 0 heterocycles. The molecule has 2 aromatic rings. The van der Waals surface area contributed by atoms with Crippen LogP contribution in [0.3, 0.4) is 0 Å². The second kappa shape index (κ2) is 7.07. The molecule has 6 heteroatoms. The van der Waals surface area contributed by atoms with Crippen LogP contribution in [-0.2, 0) is 16.4 Å². The SMILES string of the molecule is CCc1cc(SC#N)ccc1NS(=O)(=O)c1ccc(C)cc1C. The highest BCUT2D eigenvalue weighted by Crippen LogP contribution is 2.27. The summed E-state index contributed by atoms with van der Waals surface area (Å²) in [6.45, 7) is 5.66. The number of aryl methyl sites for hydroxylation is 3. The van der Waals surface area contributed by atoms with E-state index in [1.807, 2.05) is 31.4 Å². The average Bonchev–Trinajstić information content (AvgIpc) is 2.48. The molecule has 0 radical (unpaired) electrons. The highest BCUT2D eigenvalue weighted by molar-refractivity contribution is 8.03. The molecule has 0 fully saturated rings. The zero-order valence-electron chi connectivity index (χ0n) is 13.3. The predicted molar refractivity (Wildman–Crippen MR) is 94.0 cm³/mol. The molecule has 0 saturated heterocycles. The summed E-state index contributed by atoms with van der Waals surface area (Å²) in [4.78, 5) is 1.08. The number of nitriles is 1. The van der Waals surface area contributed by atoms with E-state index in [-0.39, 0.29) is 4.90 Å². The first-order valence-corrected chi connectivity index (χ1v) is 9.46. The number of rotatable bonds is 5. The maximum Gasteiger partial charge on any atom is 0.262 e. The minimum Gasteiger partial charge on any atom is -0.279 e. The van der Waals surface area contributed by atoms with Gasteiger partial charge < -0.3 is 0 Å². The summed E-state index contributed by atoms with van der Waals surface area (Å²) in [6, 6.07) is 10.6. The summed E-state index contributed by atoms with van der Waals surface area (Å²) in [7, 11) is -3.64. The molecule has 120 valence electrons. The number of hydrogen-bond donors (Lipinski definition) is 1. The molecule has 0 atom stereocenters. The molecule has 0 bridgehead atoms. The van der Waals surface area contributed by atoms with Gasteiger partial charge in [-0.1, -0.05) is 24.6 Å². The van der Waals surface area contributed by atoms with Crippen molar-refractivity contribution in [3.05, 3.63) is 53.1 Å². The monoisotopic (exact) mass is 346 g/mol. The van der Waals surface area contributed by atoms with Crippen molar-refractivity contribution in [2.75, 3.05) is 4.72 Å². The number of hydrogen-bond acceptors (Lipinski definition) is 4. The van der Waals surface area contributed by atoms with E-state index < -0.39 is 10.0 Å². The molecule has 1 N–H and O–H groups in total. The van der Waals surface area contributed by atoms with E-state index in [9.17, 15) is 8.42 Å². The van der Waals surface area contributed by atoms with Crippen molar-refractivity contribution in [2.45, 2.75) is 37.0 Å². The fourth-order valence-electron chi connectivity index (χ4n) is 2.38. The van der Waals surface area contributed by atoms with Gasteiger partial charge in [0.2, 0.25) is 0 Å². The van der Waals surface area contributed by atoms with Gasteiger partial charge in [-0.15, -0.1) is 0 Å². The number of nitrogens with one attached hydrogen (secondary N) is 1. The molecule has 0 spiro atoms. The molecule has 0 aliphatic carbocycles. The van der Waals surface area contributed by atoms with Crippen molar-refractivity contribution in [1.29, 1.82) is 5.26 Å². The fourth-order valence-corrected chi connectivity index (χ4v) is 4.15. The predicted octanol–water partition coefficient (Wildman–Crippen LogP) is 4.24. The maximum absolute atomic E-state index is 12.6. The highest BCUT2D eigenvalue weighted by atomic mass is 32.2. The third kappa shape index (κ3) is 4.06. The third-order valence-electron chi connectivity index (χ3n) is 3.49. The lowest BCUT2D eigenvalue weighted by Gasteiger charge is -2.14. The van der Waals surface area contributed by atoms with E-state index in [1.54, 1.807) is 31.2 Å². The van der Waals surface area contributed by atoms with Crippen molar-refractivity contribution in [1.82, 2.24) is 0 Å². The fraction of sp³-hybridized carbons (Fsp3) is 0.235. The Balaban J connectivity index is 2.39. The van der Waals surface area contributed by atoms with Crippen molar-refractivity contribution < 1.29 is 8.42 Å². The summed E-state index contributed by atoms with van der Waals surface area (Å²) in [5, 5.41) is 10.8. The van der Waals surface area contributed by atoms with Crippen LogP contribution in [0, 0.1) is 24.5 Å². The first kappa shape index (κ1) is 17.4. The van der Waals surface area contributed by atoms with Gasteiger partial charge in [0, 0.05) is 4.90 Å². The first-order chi connectivity index (χ1) is 10.9. The van der Waals surface area contributed by atoms with Gasteiger partial charge in [-0.2, -0.15) is 5.26 Å². The standard InChI is InChI=1S/C17H18N2O2S2/c1-4-14-10-15(22-11-18)6-7-16(14)19-23(20,21)17-8-5-12(2)9-13(17)3/h5-10,19H,4H2,1-3H3. The van der Waals surface area contributed by atoms with Crippen LogP contribution in [-0.4, -0.2) is 8.42 Å². The second-order valence-electron chi connectivity index (χ2n) is 5.24. The van der Waals surface area contributed by atoms with E-state index in [2.05, 4.69) is 4.72 Å². The Morgan fingerprint density at radius 2 is 1.91 bits per heavy atom. The molecule has 0 amide bonds. The molecule has 0 aliphatic rings. The summed E-state index contributed by atoms with van der Waals surface area (Å²) in [5.74, 6) is 0. The smallest absolute Gasteiger partial charge is 0.262 e. The Hall–Kier alpha value is -1.97. The maximum atomic E-state index is 12.6. The molecule has 23 heavy (non-hydrogen) atoms. The van der Waals surface area contributed by atoms with E-state index in [0.717, 1.165) is 27.8 Å². The molecular formula is C17H18N2O2S2. The van der Waals surface area contributed by atoms with Crippen LogP contribution in [0.5, 0.6) is 0 Å². The zero-order valence-corrected chi connectivity index (χ0v) is 14.9. The van der Waals surface area contributed by atoms with Gasteiger partial charge in [0.25, 0.3) is 10.0 Å². The Kier molecular flexibility index (Phi) is 5.34. The normalized spacial score (nSPS) is 11.0. The third-order valence-corrected chi connectivity index (χ3v) is 5.59. The van der Waals surface area contributed by atoms with Gasteiger partial charge in [0.15, 0.2) is 0 Å². The number of thiocyanates is 1. The number of thioether (sulfide) groups is 1. The van der Waals surface area contributed by atoms with Crippen LogP contribution in [0.2, 0.25) is 0 Å². The zero-order chi connectivity index (χ0) is 17.0. The van der Waals surface area contributed by atoms with Gasteiger partial charge in [-0.05, 0) is 67.4 Å². The van der Waals surface area contributed by atoms with Crippen molar-refractivity contribution in [3.63, 3.8) is 0 Å². The molecule has 2 aromatic carbocycles. The summed E-state index contributed by atoms with van der Waals surface area (Å²) >= 11 is 1.06. The van der Waals surface area contributed by atoms with Gasteiger partial charge in [-0.25, -0.2) is 8.42 Å². The Bertz CT molecular complexity index is 869. The Morgan fingerprint density at radius 3 is 2.52 bits per heavy atom. The lowest BCUT2D eigenvalue weighted by atomic mass is 10.1. The molecule has 4 nitrogen and oxygen atoms in total. The largest absolute Gasteiger partial charge is 0.279 e.